The molecule has 1 saturated carbocycles. The second-order valence-corrected chi connectivity index (χ2v) is 21.9. The molecule has 3 N–H and O–H groups in total. The molecule has 0 unspecified atom stereocenters. The number of fused-ring (bicyclic) bond motifs is 3. The zero-order valence-corrected chi connectivity index (χ0v) is 46.7. The number of cyclic esters (lactones) is 1. The number of nitrogens with zero attached hydrogens (tertiary/aromatic N) is 2. The molecule has 0 radical (unpaired) electrons. The number of amides is 2. The zero-order valence-electron chi connectivity index (χ0n) is 46.7. The van der Waals surface area contributed by atoms with E-state index in [-0.39, 0.29) is 73.4 Å². The number of esters is 1. The third kappa shape index (κ3) is 16.9. The van der Waals surface area contributed by atoms with Crippen LogP contribution in [0.2, 0.25) is 0 Å². The molecule has 422 valence electrons. The summed E-state index contributed by atoms with van der Waals surface area (Å²) in [5.41, 5.74) is 1.70. The number of aliphatic hydroxyl groups excluding tert-OH is 1. The first-order valence-electron chi connectivity index (χ1n) is 27.5. The lowest BCUT2D eigenvalue weighted by Gasteiger charge is -2.42. The van der Waals surface area contributed by atoms with Crippen LogP contribution in [0.15, 0.2) is 72.1 Å². The number of aromatic nitrogens is 1. The summed E-state index contributed by atoms with van der Waals surface area (Å²) < 4.78 is 36.2. The first-order valence-corrected chi connectivity index (χ1v) is 27.5. The van der Waals surface area contributed by atoms with Gasteiger partial charge in [-0.2, -0.15) is 0 Å². The van der Waals surface area contributed by atoms with Gasteiger partial charge >= 0.3 is 5.97 Å². The lowest BCUT2D eigenvalue weighted by atomic mass is 9.78. The Kier molecular flexibility index (Phi) is 24.4. The molecule has 1 aromatic heterocycles. The SMILES string of the molecule is CO[C@H]1C[C@@H]2CC[C@@H](C)[C@@](O)(O2)C(=O)C(=O)N2CCCC[C@H]2C(=O)O[C@H]([C@H](C)C[C@@H]2CC[C@@H](OCCNC(=O)c3cccnc3)[C@H](OC)C2)CC(=O)[C@H](C)/C=C(\C)[C@@H](O)[C@@H](OC)C(=O)[C@H](C)C[C@H](C)\C=C/C=C/C=C/1C. The van der Waals surface area contributed by atoms with Crippen LogP contribution < -0.4 is 5.32 Å². The Bertz CT molecular complexity index is 2230. The minimum atomic E-state index is -2.45. The summed E-state index contributed by atoms with van der Waals surface area (Å²) in [6.07, 6.45) is 14.7. The Labute approximate surface area is 450 Å². The number of Topliss-reactive ketones (excluding diaryl/α,β-unsaturated/α-hetero) is 3. The number of methoxy groups -OCH3 is 3. The normalized spacial score (nSPS) is 36.1. The Morgan fingerprint density at radius 1 is 0.908 bits per heavy atom. The van der Waals surface area contributed by atoms with Gasteiger partial charge in [0.25, 0.3) is 17.6 Å². The third-order valence-corrected chi connectivity index (χ3v) is 16.1. The number of pyridine rings is 1. The first kappa shape index (κ1) is 62.1. The minimum absolute atomic E-state index is 0.00548. The van der Waals surface area contributed by atoms with Gasteiger partial charge in [-0.15, -0.1) is 0 Å². The van der Waals surface area contributed by atoms with E-state index in [4.69, 9.17) is 28.4 Å². The van der Waals surface area contributed by atoms with Gasteiger partial charge in [-0.05, 0) is 119 Å². The van der Waals surface area contributed by atoms with Crippen molar-refractivity contribution >= 4 is 35.1 Å². The standard InChI is InChI=1S/C59H87N3O14/c1-36-17-12-11-13-18-37(2)49(71-8)33-45-23-21-42(7)59(70,76-45)55(66)57(68)62-27-15-14-20-46(62)58(69)75-50(34-47(63)38(3)30-41(6)53(65)54(73-10)52(64)40(5)29-36)39(4)31-43-22-24-48(51(32-43)72-9)74-28-26-61-56(67)44-19-16-25-60-35-44/h11-13,16-19,25,30,35-36,38-40,42-43,45-46,48-51,53-54,65,70H,14-15,20-24,26-29,31-34H2,1-10H3,(H,61,67)/b13-11+,17-12-,37-18+,41-30+/t36-,38-,39-,40-,42-,43+,45+,46+,48-,49+,50+,51-,53-,54+,59-/m1/s1. The summed E-state index contributed by atoms with van der Waals surface area (Å²) in [5, 5.41) is 26.4. The Hall–Kier alpha value is -4.75. The highest BCUT2D eigenvalue weighted by molar-refractivity contribution is 6.39. The van der Waals surface area contributed by atoms with Crippen molar-refractivity contribution in [3.63, 3.8) is 0 Å². The van der Waals surface area contributed by atoms with Crippen LogP contribution in [0.1, 0.15) is 136 Å². The molecule has 2 bridgehead atoms. The molecule has 15 atom stereocenters. The van der Waals surface area contributed by atoms with Crippen LogP contribution in [0, 0.1) is 35.5 Å². The maximum atomic E-state index is 14.6. The largest absolute Gasteiger partial charge is 0.460 e. The van der Waals surface area contributed by atoms with E-state index in [1.807, 2.05) is 58.1 Å². The molecule has 2 saturated heterocycles. The van der Waals surface area contributed by atoms with E-state index in [2.05, 4.69) is 10.3 Å². The second kappa shape index (κ2) is 29.8. The van der Waals surface area contributed by atoms with Crippen molar-refractivity contribution in [1.82, 2.24) is 15.2 Å². The van der Waals surface area contributed by atoms with Crippen molar-refractivity contribution in [3.8, 4) is 0 Å². The van der Waals surface area contributed by atoms with Gasteiger partial charge in [0.1, 0.15) is 30.1 Å². The quantitative estimate of drug-likeness (QED) is 0.0875. The minimum Gasteiger partial charge on any atom is -0.460 e. The van der Waals surface area contributed by atoms with Gasteiger partial charge in [0.15, 0.2) is 5.78 Å². The van der Waals surface area contributed by atoms with Crippen LogP contribution in [0.5, 0.6) is 0 Å². The van der Waals surface area contributed by atoms with E-state index in [0.29, 0.717) is 75.5 Å². The van der Waals surface area contributed by atoms with Crippen LogP contribution in [0.3, 0.4) is 0 Å². The molecule has 17 nitrogen and oxygen atoms in total. The maximum absolute atomic E-state index is 14.6. The number of aliphatic hydroxyl groups is 2. The number of rotatable bonds is 11. The smallest absolute Gasteiger partial charge is 0.329 e. The molecular formula is C59H87N3O14. The number of carbonyl (C=O) groups excluding carboxylic acids is 6. The lowest BCUT2D eigenvalue weighted by molar-refractivity contribution is -0.265. The molecule has 17 heteroatoms. The number of nitrogens with one attached hydrogen (secondary N) is 1. The van der Waals surface area contributed by atoms with Crippen molar-refractivity contribution < 1.29 is 67.4 Å². The van der Waals surface area contributed by atoms with Gasteiger partial charge in [-0.3, -0.25) is 29.0 Å². The predicted molar refractivity (Wildman–Crippen MR) is 285 cm³/mol. The molecular weight excluding hydrogens is 975 g/mol. The molecule has 3 aliphatic heterocycles. The van der Waals surface area contributed by atoms with Crippen molar-refractivity contribution in [2.24, 2.45) is 35.5 Å². The van der Waals surface area contributed by atoms with E-state index in [0.717, 1.165) is 12.0 Å². The number of piperidine rings is 1. The molecule has 1 aromatic rings. The molecule has 0 spiro atoms. The van der Waals surface area contributed by atoms with Gasteiger partial charge in [-0.25, -0.2) is 4.79 Å². The van der Waals surface area contributed by atoms with Crippen LogP contribution in [-0.4, -0.2) is 151 Å². The van der Waals surface area contributed by atoms with Crippen LogP contribution in [0.25, 0.3) is 0 Å². The third-order valence-electron chi connectivity index (χ3n) is 16.1. The summed E-state index contributed by atoms with van der Waals surface area (Å²) in [5.74, 6) is -8.40. The molecule has 0 aromatic carbocycles. The summed E-state index contributed by atoms with van der Waals surface area (Å²) in [6.45, 7) is 13.3. The monoisotopic (exact) mass is 1060 g/mol. The van der Waals surface area contributed by atoms with E-state index in [9.17, 15) is 39.0 Å². The highest BCUT2D eigenvalue weighted by Crippen LogP contribution is 2.38. The van der Waals surface area contributed by atoms with Crippen LogP contribution in [0.4, 0.5) is 0 Å². The Morgan fingerprint density at radius 3 is 2.37 bits per heavy atom. The molecule has 5 rings (SSSR count). The van der Waals surface area contributed by atoms with Crippen molar-refractivity contribution in [2.45, 2.75) is 180 Å². The number of ketones is 3. The molecule has 1 aliphatic carbocycles. The van der Waals surface area contributed by atoms with Gasteiger partial charge in [0.2, 0.25) is 5.79 Å². The molecule has 76 heavy (non-hydrogen) atoms. The van der Waals surface area contributed by atoms with E-state index in [1.165, 1.54) is 18.2 Å². The van der Waals surface area contributed by atoms with Gasteiger partial charge in [0, 0.05) is 77.4 Å². The predicted octanol–water partition coefficient (Wildman–Crippen LogP) is 7.03. The van der Waals surface area contributed by atoms with Gasteiger partial charge < -0.3 is 48.9 Å². The van der Waals surface area contributed by atoms with Crippen molar-refractivity contribution in [1.29, 1.82) is 0 Å². The van der Waals surface area contributed by atoms with Gasteiger partial charge in [0.05, 0.1) is 36.6 Å². The number of hydrogen-bond acceptors (Lipinski definition) is 15. The molecule has 2 amide bonds. The fraction of sp³-hybridized carbons (Fsp3) is 0.678. The average molecular weight is 1060 g/mol. The number of ether oxygens (including phenoxy) is 6. The topological polar surface area (TPSA) is 226 Å². The summed E-state index contributed by atoms with van der Waals surface area (Å²) in [4.78, 5) is 89.2. The Morgan fingerprint density at radius 2 is 1.67 bits per heavy atom. The summed E-state index contributed by atoms with van der Waals surface area (Å²) in [6, 6.07) is 2.22. The van der Waals surface area contributed by atoms with Crippen LogP contribution >= 0.6 is 0 Å². The second-order valence-electron chi connectivity index (χ2n) is 21.9. The van der Waals surface area contributed by atoms with Crippen molar-refractivity contribution in [3.05, 3.63) is 77.7 Å². The molecule has 4 heterocycles. The van der Waals surface area contributed by atoms with E-state index in [1.54, 1.807) is 59.4 Å². The van der Waals surface area contributed by atoms with Gasteiger partial charge in [-0.1, -0.05) is 71.1 Å². The average Bonchev–Trinajstić information content (AvgIpc) is 3.43. The number of hydrogen-bond donors (Lipinski definition) is 3. The highest BCUT2D eigenvalue weighted by Gasteiger charge is 2.53. The maximum Gasteiger partial charge on any atom is 0.329 e. The fourth-order valence-electron chi connectivity index (χ4n) is 11.3. The van der Waals surface area contributed by atoms with Crippen LogP contribution in [-0.2, 0) is 52.4 Å². The van der Waals surface area contributed by atoms with Crippen molar-refractivity contribution in [2.75, 3.05) is 41.0 Å². The molecule has 3 fully saturated rings. The lowest BCUT2D eigenvalue weighted by Crippen LogP contribution is -2.61. The summed E-state index contributed by atoms with van der Waals surface area (Å²) in [7, 11) is 4.59. The summed E-state index contributed by atoms with van der Waals surface area (Å²) >= 11 is 0. The zero-order chi connectivity index (χ0) is 55.7. The van der Waals surface area contributed by atoms with E-state index >= 15 is 0 Å². The molecule has 4 aliphatic rings. The first-order chi connectivity index (χ1) is 36.2. The Balaban J connectivity index is 1.40. The fourth-order valence-corrected chi connectivity index (χ4v) is 11.3. The highest BCUT2D eigenvalue weighted by atomic mass is 16.6. The van der Waals surface area contributed by atoms with E-state index < -0.39 is 77.8 Å². The number of carbonyl (C=O) groups is 6. The number of allylic oxidation sites excluding steroid dienone is 6.